The molecule has 2 aromatic heterocycles. The number of aromatic nitrogens is 3. The average molecular weight is 398 g/mol. The van der Waals surface area contributed by atoms with Gasteiger partial charge in [0.05, 0.1) is 23.8 Å². The fourth-order valence-corrected chi connectivity index (χ4v) is 3.11. The molecular formula is C20H13Cl2N3O2. The maximum atomic E-state index is 12.9. The van der Waals surface area contributed by atoms with E-state index in [0.717, 1.165) is 5.56 Å². The number of fused-ring (bicyclic) bond motifs is 1. The Bertz CT molecular complexity index is 1190. The van der Waals surface area contributed by atoms with E-state index in [9.17, 15) is 4.79 Å². The zero-order valence-electron chi connectivity index (χ0n) is 14.0. The lowest BCUT2D eigenvalue weighted by molar-refractivity contribution is 0.482. The molecule has 0 atom stereocenters. The molecule has 0 N–H and O–H groups in total. The van der Waals surface area contributed by atoms with Crippen molar-refractivity contribution < 1.29 is 4.74 Å². The minimum absolute atomic E-state index is 0.154. The fraction of sp³-hybridized carbons (Fsp3) is 0.0500. The highest BCUT2D eigenvalue weighted by Gasteiger charge is 2.08. The smallest absolute Gasteiger partial charge is 0.261 e. The first-order valence-corrected chi connectivity index (χ1v) is 8.87. The molecular weight excluding hydrogens is 385 g/mol. The number of pyridine rings is 1. The maximum Gasteiger partial charge on any atom is 0.261 e. The molecule has 0 radical (unpaired) electrons. The van der Waals surface area contributed by atoms with Crippen LogP contribution in [-0.2, 0) is 6.54 Å². The van der Waals surface area contributed by atoms with Gasteiger partial charge in [0.15, 0.2) is 0 Å². The van der Waals surface area contributed by atoms with Crippen LogP contribution in [-0.4, -0.2) is 14.5 Å². The molecule has 0 saturated heterocycles. The van der Waals surface area contributed by atoms with Crippen molar-refractivity contribution >= 4 is 34.1 Å². The van der Waals surface area contributed by atoms with E-state index in [2.05, 4.69) is 9.97 Å². The zero-order chi connectivity index (χ0) is 18.8. The van der Waals surface area contributed by atoms with E-state index in [4.69, 9.17) is 27.9 Å². The second-order valence-electron chi connectivity index (χ2n) is 5.90. The lowest BCUT2D eigenvalue weighted by Gasteiger charge is -2.09. The molecule has 5 nitrogen and oxygen atoms in total. The third-order valence-corrected chi connectivity index (χ3v) is 4.41. The number of benzene rings is 2. The Hall–Kier alpha value is -2.89. The molecule has 0 bridgehead atoms. The Morgan fingerprint density at radius 1 is 0.963 bits per heavy atom. The van der Waals surface area contributed by atoms with E-state index in [0.29, 0.717) is 39.1 Å². The van der Waals surface area contributed by atoms with E-state index >= 15 is 0 Å². The van der Waals surface area contributed by atoms with Crippen molar-refractivity contribution in [3.8, 4) is 11.5 Å². The summed E-state index contributed by atoms with van der Waals surface area (Å²) >= 11 is 11.9. The van der Waals surface area contributed by atoms with E-state index in [-0.39, 0.29) is 5.56 Å². The highest BCUT2D eigenvalue weighted by molar-refractivity contribution is 6.30. The Labute approximate surface area is 164 Å². The standard InChI is InChI=1S/C20H13Cl2N3O2/c21-14-3-1-2-13(8-14)11-25-12-24-18-5-4-15(9-17(18)20(25)26)27-16-6-7-23-19(22)10-16/h1-10,12H,11H2. The first kappa shape index (κ1) is 17.5. The molecule has 2 heterocycles. The summed E-state index contributed by atoms with van der Waals surface area (Å²) in [5.74, 6) is 1.06. The van der Waals surface area contributed by atoms with Gasteiger partial charge in [-0.05, 0) is 42.0 Å². The highest BCUT2D eigenvalue weighted by atomic mass is 35.5. The van der Waals surface area contributed by atoms with Gasteiger partial charge in [-0.1, -0.05) is 35.3 Å². The van der Waals surface area contributed by atoms with Crippen LogP contribution in [0.4, 0.5) is 0 Å². The van der Waals surface area contributed by atoms with E-state index in [1.807, 2.05) is 18.2 Å². The second kappa shape index (κ2) is 7.39. The lowest BCUT2D eigenvalue weighted by Crippen LogP contribution is -2.21. The van der Waals surface area contributed by atoms with Crippen LogP contribution >= 0.6 is 23.2 Å². The molecule has 27 heavy (non-hydrogen) atoms. The number of rotatable bonds is 4. The van der Waals surface area contributed by atoms with Gasteiger partial charge in [0.1, 0.15) is 16.7 Å². The molecule has 4 rings (SSSR count). The minimum Gasteiger partial charge on any atom is -0.457 e. The third-order valence-electron chi connectivity index (χ3n) is 3.97. The predicted molar refractivity (Wildman–Crippen MR) is 106 cm³/mol. The van der Waals surface area contributed by atoms with Gasteiger partial charge in [-0.15, -0.1) is 0 Å². The molecule has 2 aromatic carbocycles. The van der Waals surface area contributed by atoms with E-state index in [1.165, 1.54) is 6.33 Å². The average Bonchev–Trinajstić information content (AvgIpc) is 2.65. The van der Waals surface area contributed by atoms with Crippen LogP contribution in [0.2, 0.25) is 10.2 Å². The number of halogens is 2. The SMILES string of the molecule is O=c1c2cc(Oc3ccnc(Cl)c3)ccc2ncn1Cc1cccc(Cl)c1. The van der Waals surface area contributed by atoms with Gasteiger partial charge >= 0.3 is 0 Å². The molecule has 7 heteroatoms. The summed E-state index contributed by atoms with van der Waals surface area (Å²) in [6.07, 6.45) is 3.09. The van der Waals surface area contributed by atoms with Gasteiger partial charge < -0.3 is 4.74 Å². The summed E-state index contributed by atoms with van der Waals surface area (Å²) in [4.78, 5) is 21.2. The van der Waals surface area contributed by atoms with Crippen LogP contribution < -0.4 is 10.3 Å². The van der Waals surface area contributed by atoms with Gasteiger partial charge in [0.25, 0.3) is 5.56 Å². The quantitative estimate of drug-likeness (QED) is 0.457. The van der Waals surface area contributed by atoms with Crippen LogP contribution in [0.15, 0.2) is 71.9 Å². The molecule has 0 aliphatic rings. The van der Waals surface area contributed by atoms with Crippen molar-refractivity contribution in [3.05, 3.63) is 93.2 Å². The Kier molecular flexibility index (Phi) is 4.79. The normalized spacial score (nSPS) is 10.9. The first-order chi connectivity index (χ1) is 13.1. The third kappa shape index (κ3) is 3.94. The molecule has 0 spiro atoms. The van der Waals surface area contributed by atoms with E-state index in [1.54, 1.807) is 47.2 Å². The Morgan fingerprint density at radius 3 is 2.63 bits per heavy atom. The zero-order valence-corrected chi connectivity index (χ0v) is 15.5. The van der Waals surface area contributed by atoms with Crippen molar-refractivity contribution in [2.75, 3.05) is 0 Å². The minimum atomic E-state index is -0.154. The van der Waals surface area contributed by atoms with Gasteiger partial charge in [-0.25, -0.2) is 9.97 Å². The van der Waals surface area contributed by atoms with Crippen LogP contribution in [0.1, 0.15) is 5.56 Å². The topological polar surface area (TPSA) is 57.0 Å². The number of hydrogen-bond donors (Lipinski definition) is 0. The molecule has 0 aliphatic heterocycles. The van der Waals surface area contributed by atoms with Crippen LogP contribution in [0.3, 0.4) is 0 Å². The van der Waals surface area contributed by atoms with Gasteiger partial charge in [0.2, 0.25) is 0 Å². The Morgan fingerprint density at radius 2 is 1.81 bits per heavy atom. The number of nitrogens with zero attached hydrogens (tertiary/aromatic N) is 3. The summed E-state index contributed by atoms with van der Waals surface area (Å²) in [5, 5.41) is 1.43. The van der Waals surface area contributed by atoms with Crippen LogP contribution in [0.5, 0.6) is 11.5 Å². The Balaban J connectivity index is 1.69. The van der Waals surface area contributed by atoms with Crippen molar-refractivity contribution in [2.24, 2.45) is 0 Å². The fourth-order valence-electron chi connectivity index (χ4n) is 2.73. The molecule has 0 amide bonds. The van der Waals surface area contributed by atoms with Crippen molar-refractivity contribution in [3.63, 3.8) is 0 Å². The monoisotopic (exact) mass is 397 g/mol. The summed E-state index contributed by atoms with van der Waals surface area (Å²) in [6.45, 7) is 0.382. The molecule has 0 saturated carbocycles. The molecule has 4 aromatic rings. The summed E-state index contributed by atoms with van der Waals surface area (Å²) < 4.78 is 7.32. The van der Waals surface area contributed by atoms with Gasteiger partial charge in [-0.2, -0.15) is 0 Å². The summed E-state index contributed by atoms with van der Waals surface area (Å²) in [6, 6.07) is 15.9. The number of ether oxygens (including phenoxy) is 1. The predicted octanol–water partition coefficient (Wildman–Crippen LogP) is 4.94. The van der Waals surface area contributed by atoms with Crippen LogP contribution in [0, 0.1) is 0 Å². The highest BCUT2D eigenvalue weighted by Crippen LogP contribution is 2.25. The molecule has 0 unspecified atom stereocenters. The first-order valence-electron chi connectivity index (χ1n) is 8.11. The van der Waals surface area contributed by atoms with E-state index < -0.39 is 0 Å². The van der Waals surface area contributed by atoms with Crippen molar-refractivity contribution in [1.29, 1.82) is 0 Å². The lowest BCUT2D eigenvalue weighted by atomic mass is 10.2. The van der Waals surface area contributed by atoms with Gasteiger partial charge in [-0.3, -0.25) is 9.36 Å². The number of hydrogen-bond acceptors (Lipinski definition) is 4. The maximum absolute atomic E-state index is 12.9. The largest absolute Gasteiger partial charge is 0.457 e. The molecule has 0 aliphatic carbocycles. The molecule has 0 fully saturated rings. The molecule has 134 valence electrons. The second-order valence-corrected chi connectivity index (χ2v) is 6.73. The summed E-state index contributed by atoms with van der Waals surface area (Å²) in [7, 11) is 0. The summed E-state index contributed by atoms with van der Waals surface area (Å²) in [5.41, 5.74) is 1.37. The van der Waals surface area contributed by atoms with Crippen LogP contribution in [0.25, 0.3) is 10.9 Å². The van der Waals surface area contributed by atoms with Crippen molar-refractivity contribution in [1.82, 2.24) is 14.5 Å². The van der Waals surface area contributed by atoms with Crippen molar-refractivity contribution in [2.45, 2.75) is 6.54 Å². The van der Waals surface area contributed by atoms with Gasteiger partial charge in [0, 0.05) is 17.3 Å².